The summed E-state index contributed by atoms with van der Waals surface area (Å²) in [6, 6.07) is 0. The molecule has 0 bridgehead atoms. The van der Waals surface area contributed by atoms with Crippen molar-refractivity contribution in [2.75, 3.05) is 6.54 Å². The van der Waals surface area contributed by atoms with Crippen LogP contribution in [0.15, 0.2) is 0 Å². The molecule has 22 heavy (non-hydrogen) atoms. The second-order valence-corrected chi connectivity index (χ2v) is 6.24. The molecule has 6 nitrogen and oxygen atoms in total. The van der Waals surface area contributed by atoms with Crippen LogP contribution in [0.4, 0.5) is 0 Å². The van der Waals surface area contributed by atoms with E-state index >= 15 is 0 Å². The summed E-state index contributed by atoms with van der Waals surface area (Å²) in [5.41, 5.74) is 1.53. The number of aromatic nitrogens is 2. The molecule has 0 aromatic carbocycles. The summed E-state index contributed by atoms with van der Waals surface area (Å²) in [4.78, 5) is 12.6. The second-order valence-electron chi connectivity index (χ2n) is 6.24. The number of rotatable bonds is 5. The van der Waals surface area contributed by atoms with Crippen LogP contribution >= 0.6 is 0 Å². The number of nitrogens with one attached hydrogen (secondary N) is 1. The van der Waals surface area contributed by atoms with Crippen LogP contribution < -0.4 is 5.32 Å². The topological polar surface area (TPSA) is 76.4 Å². The summed E-state index contributed by atoms with van der Waals surface area (Å²) in [5.74, 6) is -0.183. The first-order valence-corrected chi connectivity index (χ1v) is 8.03. The van der Waals surface area contributed by atoms with Gasteiger partial charge in [0.25, 0.3) is 5.91 Å². The fraction of sp³-hybridized carbons (Fsp3) is 0.750. The largest absolute Gasteiger partial charge is 0.388 e. The van der Waals surface area contributed by atoms with Gasteiger partial charge in [-0.2, -0.15) is 5.10 Å². The van der Waals surface area contributed by atoms with E-state index in [4.69, 9.17) is 4.74 Å². The second kappa shape index (κ2) is 6.38. The molecule has 0 radical (unpaired) electrons. The molecule has 0 fully saturated rings. The monoisotopic (exact) mass is 309 g/mol. The van der Waals surface area contributed by atoms with Gasteiger partial charge in [-0.25, -0.2) is 0 Å². The zero-order valence-electron chi connectivity index (χ0n) is 14.1. The highest BCUT2D eigenvalue weighted by Crippen LogP contribution is 2.31. The number of carbonyl (C=O) groups excluding carboxylic acids is 1. The molecule has 2 N–H and O–H groups in total. The van der Waals surface area contributed by atoms with E-state index in [0.29, 0.717) is 25.0 Å². The molecule has 1 amide bonds. The Morgan fingerprint density at radius 3 is 2.68 bits per heavy atom. The summed E-state index contributed by atoms with van der Waals surface area (Å²) in [7, 11) is 1.77. The van der Waals surface area contributed by atoms with E-state index in [0.717, 1.165) is 11.3 Å². The lowest BCUT2D eigenvalue weighted by Gasteiger charge is -2.26. The Morgan fingerprint density at radius 1 is 1.45 bits per heavy atom. The van der Waals surface area contributed by atoms with Crippen LogP contribution in [0.5, 0.6) is 0 Å². The maximum absolute atomic E-state index is 12.6. The fourth-order valence-corrected chi connectivity index (χ4v) is 2.98. The molecule has 0 unspecified atom stereocenters. The van der Waals surface area contributed by atoms with Crippen LogP contribution in [-0.4, -0.2) is 39.0 Å². The molecule has 0 spiro atoms. The average Bonchev–Trinajstić information content (AvgIpc) is 2.81. The van der Waals surface area contributed by atoms with E-state index in [9.17, 15) is 9.90 Å². The molecule has 2 atom stereocenters. The molecule has 1 aromatic rings. The third-order valence-corrected chi connectivity index (χ3v) is 4.60. The predicted octanol–water partition coefficient (Wildman–Crippen LogP) is 1.72. The Bertz CT molecular complexity index is 549. The molecular weight excluding hydrogens is 282 g/mol. The molecule has 1 aromatic heterocycles. The number of hydrogen-bond acceptors (Lipinski definition) is 4. The van der Waals surface area contributed by atoms with Crippen molar-refractivity contribution in [3.8, 4) is 0 Å². The number of nitrogens with zero attached hydrogens (tertiary/aromatic N) is 2. The summed E-state index contributed by atoms with van der Waals surface area (Å²) in [5, 5.41) is 17.6. The lowest BCUT2D eigenvalue weighted by atomic mass is 9.97. The summed E-state index contributed by atoms with van der Waals surface area (Å²) in [6.07, 6.45) is 1.86. The van der Waals surface area contributed by atoms with E-state index < -0.39 is 5.60 Å². The van der Waals surface area contributed by atoms with E-state index in [2.05, 4.69) is 10.4 Å². The molecule has 0 saturated carbocycles. The van der Waals surface area contributed by atoms with E-state index in [1.807, 2.05) is 27.7 Å². The molecule has 6 heteroatoms. The van der Waals surface area contributed by atoms with Crippen LogP contribution in [0.1, 0.15) is 68.4 Å². The third kappa shape index (κ3) is 3.17. The van der Waals surface area contributed by atoms with Gasteiger partial charge < -0.3 is 15.2 Å². The normalized spacial score (nSPS) is 21.5. The van der Waals surface area contributed by atoms with Crippen molar-refractivity contribution < 1.29 is 14.6 Å². The quantitative estimate of drug-likeness (QED) is 0.868. The van der Waals surface area contributed by atoms with Crippen LogP contribution in [0.2, 0.25) is 0 Å². The standard InChI is InChI=1S/C16H27N3O3/c1-6-16(21,7-2)9-17-15(20)14-12-8-10(3)22-11(4)13(12)18-19(14)5/h10-11,21H,6-9H2,1-5H3,(H,17,20)/t10-,11+/m1/s1. The fourth-order valence-electron chi connectivity index (χ4n) is 2.98. The Hall–Kier alpha value is -1.40. The number of carbonyl (C=O) groups is 1. The summed E-state index contributed by atoms with van der Waals surface area (Å²) < 4.78 is 7.38. The minimum atomic E-state index is -0.849. The van der Waals surface area contributed by atoms with Crippen LogP contribution in [-0.2, 0) is 18.2 Å². The smallest absolute Gasteiger partial charge is 0.269 e. The zero-order chi connectivity index (χ0) is 16.5. The number of fused-ring (bicyclic) bond motifs is 1. The first-order valence-electron chi connectivity index (χ1n) is 8.03. The van der Waals surface area contributed by atoms with Crippen molar-refractivity contribution in [1.82, 2.24) is 15.1 Å². The van der Waals surface area contributed by atoms with Crippen molar-refractivity contribution in [2.24, 2.45) is 7.05 Å². The molecule has 1 aliphatic rings. The maximum Gasteiger partial charge on any atom is 0.269 e. The molecule has 2 heterocycles. The van der Waals surface area contributed by atoms with Gasteiger partial charge in [0, 0.05) is 25.6 Å². The van der Waals surface area contributed by atoms with Gasteiger partial charge in [0.2, 0.25) is 0 Å². The lowest BCUT2D eigenvalue weighted by molar-refractivity contribution is -0.00713. The highest BCUT2D eigenvalue weighted by molar-refractivity contribution is 5.94. The molecule has 1 aliphatic heterocycles. The Labute approximate surface area is 131 Å². The number of amides is 1. The van der Waals surface area contributed by atoms with Crippen molar-refractivity contribution >= 4 is 5.91 Å². The van der Waals surface area contributed by atoms with Gasteiger partial charge in [0.1, 0.15) is 5.69 Å². The average molecular weight is 309 g/mol. The Balaban J connectivity index is 2.21. The first-order chi connectivity index (χ1) is 10.3. The Morgan fingerprint density at radius 2 is 2.09 bits per heavy atom. The van der Waals surface area contributed by atoms with E-state index in [-0.39, 0.29) is 24.7 Å². The molecule has 0 aliphatic carbocycles. The predicted molar refractivity (Wildman–Crippen MR) is 83.7 cm³/mol. The van der Waals surface area contributed by atoms with E-state index in [1.165, 1.54) is 0 Å². The van der Waals surface area contributed by atoms with Gasteiger partial charge in [0.15, 0.2) is 0 Å². The molecular formula is C16H27N3O3. The Kier molecular flexibility index (Phi) is 4.92. The maximum atomic E-state index is 12.6. The summed E-state index contributed by atoms with van der Waals surface area (Å²) >= 11 is 0. The van der Waals surface area contributed by atoms with Gasteiger partial charge in [0.05, 0.1) is 23.5 Å². The highest BCUT2D eigenvalue weighted by Gasteiger charge is 2.32. The molecule has 2 rings (SSSR count). The number of aryl methyl sites for hydroxylation is 1. The lowest BCUT2D eigenvalue weighted by Crippen LogP contribution is -2.42. The van der Waals surface area contributed by atoms with Crippen molar-refractivity contribution in [3.63, 3.8) is 0 Å². The van der Waals surface area contributed by atoms with Crippen molar-refractivity contribution in [2.45, 2.75) is 64.8 Å². The highest BCUT2D eigenvalue weighted by atomic mass is 16.5. The molecule has 0 saturated heterocycles. The number of ether oxygens (including phenoxy) is 1. The van der Waals surface area contributed by atoms with Crippen molar-refractivity contribution in [1.29, 1.82) is 0 Å². The van der Waals surface area contributed by atoms with Crippen LogP contribution in [0.3, 0.4) is 0 Å². The minimum absolute atomic E-state index is 0.0708. The van der Waals surface area contributed by atoms with Crippen LogP contribution in [0, 0.1) is 0 Å². The van der Waals surface area contributed by atoms with Gasteiger partial charge >= 0.3 is 0 Å². The van der Waals surface area contributed by atoms with Gasteiger partial charge in [-0.05, 0) is 26.7 Å². The third-order valence-electron chi connectivity index (χ3n) is 4.60. The minimum Gasteiger partial charge on any atom is -0.388 e. The molecule has 124 valence electrons. The number of aliphatic hydroxyl groups is 1. The first kappa shape index (κ1) is 17.0. The van der Waals surface area contributed by atoms with Gasteiger partial charge in [-0.3, -0.25) is 9.48 Å². The number of hydrogen-bond donors (Lipinski definition) is 2. The summed E-state index contributed by atoms with van der Waals surface area (Å²) in [6.45, 7) is 8.04. The van der Waals surface area contributed by atoms with Crippen LogP contribution in [0.25, 0.3) is 0 Å². The van der Waals surface area contributed by atoms with E-state index in [1.54, 1.807) is 11.7 Å². The van der Waals surface area contributed by atoms with Crippen molar-refractivity contribution in [3.05, 3.63) is 17.0 Å². The van der Waals surface area contributed by atoms with Gasteiger partial charge in [-0.1, -0.05) is 13.8 Å². The SMILES string of the molecule is CCC(O)(CC)CNC(=O)c1c2c(nn1C)[C@H](C)O[C@H](C)C2. The zero-order valence-corrected chi connectivity index (χ0v) is 14.1. The van der Waals surface area contributed by atoms with Gasteiger partial charge in [-0.15, -0.1) is 0 Å².